The minimum absolute atomic E-state index is 0.0871. The van der Waals surface area contributed by atoms with E-state index in [1.54, 1.807) is 0 Å². The zero-order valence-electron chi connectivity index (χ0n) is 13.6. The Morgan fingerprint density at radius 2 is 1.92 bits per heavy atom. The molecule has 0 aromatic heterocycles. The molecule has 24 heavy (non-hydrogen) atoms. The van der Waals surface area contributed by atoms with E-state index >= 15 is 0 Å². The molecule has 1 aromatic rings. The molecule has 8 nitrogen and oxygen atoms in total. The van der Waals surface area contributed by atoms with Gasteiger partial charge in [-0.2, -0.15) is 5.10 Å². The number of hydrogen-bond acceptors (Lipinski definition) is 6. The van der Waals surface area contributed by atoms with Crippen LogP contribution in [0.4, 0.5) is 17.1 Å². The largest absolute Gasteiger partial charge is 0.301 e. The number of nitro groups is 2. The summed E-state index contributed by atoms with van der Waals surface area (Å²) in [6, 6.07) is 3.41. The molecule has 0 bridgehead atoms. The molecule has 0 atom stereocenters. The van der Waals surface area contributed by atoms with Gasteiger partial charge in [0.1, 0.15) is 5.69 Å². The van der Waals surface area contributed by atoms with Crippen LogP contribution in [0.5, 0.6) is 0 Å². The Balaban J connectivity index is 2.32. The van der Waals surface area contributed by atoms with Gasteiger partial charge in [-0.3, -0.25) is 25.7 Å². The number of rotatable bonds is 4. The van der Waals surface area contributed by atoms with Gasteiger partial charge in [-0.25, -0.2) is 0 Å². The number of allylic oxidation sites excluding steroid dienone is 4. The Morgan fingerprint density at radius 3 is 2.54 bits per heavy atom. The first-order chi connectivity index (χ1) is 11.2. The van der Waals surface area contributed by atoms with E-state index in [2.05, 4.69) is 30.5 Å². The summed E-state index contributed by atoms with van der Waals surface area (Å²) in [5.74, 6) is 0. The predicted octanol–water partition coefficient (Wildman–Crippen LogP) is 4.20. The topological polar surface area (TPSA) is 111 Å². The molecule has 0 fully saturated rings. The maximum atomic E-state index is 11.1. The molecule has 1 N–H and O–H groups in total. The fraction of sp³-hybridized carbons (Fsp3) is 0.312. The quantitative estimate of drug-likeness (QED) is 0.657. The van der Waals surface area contributed by atoms with Crippen LogP contribution in [0.2, 0.25) is 0 Å². The summed E-state index contributed by atoms with van der Waals surface area (Å²) in [4.78, 5) is 20.5. The lowest BCUT2D eigenvalue weighted by Crippen LogP contribution is -2.13. The number of benzene rings is 1. The fourth-order valence-electron chi connectivity index (χ4n) is 2.33. The van der Waals surface area contributed by atoms with Crippen molar-refractivity contribution in [2.24, 2.45) is 10.5 Å². The zero-order chi connectivity index (χ0) is 17.9. The highest BCUT2D eigenvalue weighted by molar-refractivity contribution is 5.97. The summed E-state index contributed by atoms with van der Waals surface area (Å²) in [7, 11) is 0. The second-order valence-electron chi connectivity index (χ2n) is 6.32. The van der Waals surface area contributed by atoms with Gasteiger partial charge in [-0.05, 0) is 30.1 Å². The van der Waals surface area contributed by atoms with Crippen LogP contribution in [0.15, 0.2) is 47.1 Å². The van der Waals surface area contributed by atoms with Crippen molar-refractivity contribution in [1.82, 2.24) is 0 Å². The van der Waals surface area contributed by atoms with E-state index in [0.29, 0.717) is 6.42 Å². The van der Waals surface area contributed by atoms with Crippen molar-refractivity contribution >= 4 is 22.8 Å². The highest BCUT2D eigenvalue weighted by atomic mass is 16.6. The number of non-ortho nitro benzene ring substituents is 1. The van der Waals surface area contributed by atoms with Crippen LogP contribution in [0.1, 0.15) is 27.2 Å². The summed E-state index contributed by atoms with van der Waals surface area (Å²) in [6.07, 6.45) is 6.66. The molecule has 0 spiro atoms. The highest BCUT2D eigenvalue weighted by Crippen LogP contribution is 2.30. The van der Waals surface area contributed by atoms with Gasteiger partial charge in [0.05, 0.1) is 21.6 Å². The van der Waals surface area contributed by atoms with Crippen LogP contribution in [0, 0.1) is 25.6 Å². The lowest BCUT2D eigenvalue weighted by molar-refractivity contribution is -0.393. The second kappa shape index (κ2) is 6.61. The number of nitrogens with one attached hydrogen (secondary N) is 1. The van der Waals surface area contributed by atoms with Crippen molar-refractivity contribution in [2.45, 2.75) is 27.2 Å². The molecule has 8 heteroatoms. The molecule has 1 aliphatic carbocycles. The Morgan fingerprint density at radius 1 is 1.21 bits per heavy atom. The van der Waals surface area contributed by atoms with Crippen molar-refractivity contribution < 1.29 is 9.85 Å². The maximum absolute atomic E-state index is 11.1. The van der Waals surface area contributed by atoms with Crippen molar-refractivity contribution in [1.29, 1.82) is 0 Å². The first-order valence-electron chi connectivity index (χ1n) is 7.31. The molecule has 0 unspecified atom stereocenters. The van der Waals surface area contributed by atoms with Gasteiger partial charge in [0.25, 0.3) is 5.69 Å². The van der Waals surface area contributed by atoms with Gasteiger partial charge < -0.3 is 0 Å². The second-order valence-corrected chi connectivity index (χ2v) is 6.32. The van der Waals surface area contributed by atoms with Crippen LogP contribution >= 0.6 is 0 Å². The summed E-state index contributed by atoms with van der Waals surface area (Å²) in [5.41, 5.74) is 3.74. The fourth-order valence-corrected chi connectivity index (χ4v) is 2.33. The van der Waals surface area contributed by atoms with Crippen molar-refractivity contribution in [3.8, 4) is 0 Å². The summed E-state index contributed by atoms with van der Waals surface area (Å²) >= 11 is 0. The molecule has 0 saturated carbocycles. The lowest BCUT2D eigenvalue weighted by atomic mass is 9.88. The Kier molecular flexibility index (Phi) is 4.77. The van der Waals surface area contributed by atoms with Gasteiger partial charge in [0.2, 0.25) is 0 Å². The first-order valence-corrected chi connectivity index (χ1v) is 7.31. The maximum Gasteiger partial charge on any atom is 0.301 e. The minimum Gasteiger partial charge on any atom is -0.271 e. The summed E-state index contributed by atoms with van der Waals surface area (Å²) < 4.78 is 0. The number of hydrazone groups is 1. The van der Waals surface area contributed by atoms with E-state index in [9.17, 15) is 20.2 Å². The van der Waals surface area contributed by atoms with Gasteiger partial charge in [0.15, 0.2) is 0 Å². The monoisotopic (exact) mass is 330 g/mol. The van der Waals surface area contributed by atoms with Crippen LogP contribution in [0.3, 0.4) is 0 Å². The molecule has 126 valence electrons. The third-order valence-electron chi connectivity index (χ3n) is 3.54. The van der Waals surface area contributed by atoms with E-state index in [1.807, 2.05) is 19.1 Å². The predicted molar refractivity (Wildman–Crippen MR) is 92.1 cm³/mol. The average molecular weight is 330 g/mol. The van der Waals surface area contributed by atoms with Crippen molar-refractivity contribution in [2.75, 3.05) is 5.43 Å². The minimum atomic E-state index is -0.672. The number of nitrogens with zero attached hydrogens (tertiary/aromatic N) is 3. The van der Waals surface area contributed by atoms with Crippen molar-refractivity contribution in [3.63, 3.8) is 0 Å². The zero-order valence-corrected chi connectivity index (χ0v) is 13.6. The van der Waals surface area contributed by atoms with Crippen LogP contribution in [-0.2, 0) is 0 Å². The molecular formula is C16H18N4O4. The highest BCUT2D eigenvalue weighted by Gasteiger charge is 2.21. The third kappa shape index (κ3) is 4.25. The Hall–Kier alpha value is -3.03. The Bertz CT molecular complexity index is 778. The third-order valence-corrected chi connectivity index (χ3v) is 3.54. The molecule has 0 radical (unpaired) electrons. The summed E-state index contributed by atoms with van der Waals surface area (Å²) in [6.45, 7) is 6.08. The van der Waals surface area contributed by atoms with Gasteiger partial charge in [0, 0.05) is 12.5 Å². The molecule has 2 rings (SSSR count). The first kappa shape index (κ1) is 17.3. The van der Waals surface area contributed by atoms with Crippen LogP contribution in [-0.4, -0.2) is 15.6 Å². The molecule has 0 saturated heterocycles. The summed E-state index contributed by atoms with van der Waals surface area (Å²) in [5, 5.41) is 26.1. The van der Waals surface area contributed by atoms with E-state index in [0.717, 1.165) is 17.4 Å². The molecule has 0 amide bonds. The van der Waals surface area contributed by atoms with Gasteiger partial charge in [-0.15, -0.1) is 0 Å². The molecule has 1 aromatic carbocycles. The van der Waals surface area contributed by atoms with Crippen molar-refractivity contribution in [3.05, 3.63) is 62.2 Å². The standard InChI is InChI=1S/C16H18N4O4/c1-11-6-7-16(2,3)10-12(8-11)17-18-14-5-4-13(19(21)22)9-15(14)20(23)24/h4-9,18H,10H2,1-3H3/b17-12+. The lowest BCUT2D eigenvalue weighted by Gasteiger charge is -2.18. The molecule has 0 aliphatic heterocycles. The normalized spacial score (nSPS) is 18.0. The van der Waals surface area contributed by atoms with Gasteiger partial charge in [-0.1, -0.05) is 26.0 Å². The van der Waals surface area contributed by atoms with E-state index in [4.69, 9.17) is 0 Å². The van der Waals surface area contributed by atoms with Crippen LogP contribution in [0.25, 0.3) is 0 Å². The molecular weight excluding hydrogens is 312 g/mol. The average Bonchev–Trinajstić information content (AvgIpc) is 2.62. The smallest absolute Gasteiger partial charge is 0.271 e. The number of hydrogen-bond donors (Lipinski definition) is 1. The van der Waals surface area contributed by atoms with E-state index < -0.39 is 9.85 Å². The number of anilines is 1. The SMILES string of the molecule is CC1=C/C(=N\Nc2ccc([N+](=O)[O-])cc2[N+](=O)[O-])CC(C)(C)C=C1. The molecule has 1 aliphatic rings. The molecule has 0 heterocycles. The van der Waals surface area contributed by atoms with E-state index in [-0.39, 0.29) is 22.5 Å². The Labute approximate surface area is 138 Å². The number of nitro benzene ring substituents is 2. The van der Waals surface area contributed by atoms with E-state index in [1.165, 1.54) is 12.1 Å². The van der Waals surface area contributed by atoms with Gasteiger partial charge >= 0.3 is 5.69 Å². The van der Waals surface area contributed by atoms with Crippen LogP contribution < -0.4 is 5.43 Å².